The molecule has 0 unspecified atom stereocenters. The molecule has 120 valence electrons. The Hall–Kier alpha value is -2.01. The number of nitrogen functional groups attached to an aromatic ring is 1. The van der Waals surface area contributed by atoms with E-state index in [4.69, 9.17) is 10.5 Å². The van der Waals surface area contributed by atoms with Crippen LogP contribution in [-0.4, -0.2) is 73.9 Å². The van der Waals surface area contributed by atoms with E-state index in [1.165, 1.54) is 10.9 Å². The van der Waals surface area contributed by atoms with Crippen LogP contribution in [0.2, 0.25) is 0 Å². The summed E-state index contributed by atoms with van der Waals surface area (Å²) in [7, 11) is 3.53. The number of aromatic nitrogens is 4. The van der Waals surface area contributed by atoms with Gasteiger partial charge in [0, 0.05) is 14.1 Å². The van der Waals surface area contributed by atoms with E-state index in [-0.39, 0.29) is 5.82 Å². The van der Waals surface area contributed by atoms with Gasteiger partial charge in [0.1, 0.15) is 24.6 Å². The highest BCUT2D eigenvalue weighted by molar-refractivity contribution is 5.84. The Kier molecular flexibility index (Phi) is 3.60. The van der Waals surface area contributed by atoms with Crippen LogP contribution in [0.3, 0.4) is 0 Å². The Labute approximate surface area is 125 Å². The van der Waals surface area contributed by atoms with Crippen molar-refractivity contribution in [2.24, 2.45) is 0 Å². The maximum atomic E-state index is 10.2. The van der Waals surface area contributed by atoms with Gasteiger partial charge in [0.25, 0.3) is 0 Å². The molecule has 2 aromatic heterocycles. The monoisotopic (exact) mass is 310 g/mol. The Bertz CT molecular complexity index is 690. The van der Waals surface area contributed by atoms with Gasteiger partial charge in [-0.05, 0) is 0 Å². The first-order valence-electron chi connectivity index (χ1n) is 6.74. The molecule has 1 aliphatic rings. The molecule has 0 radical (unpaired) electrons. The number of anilines is 2. The van der Waals surface area contributed by atoms with Gasteiger partial charge in [-0.3, -0.25) is 4.57 Å². The molecule has 22 heavy (non-hydrogen) atoms. The molecule has 10 heteroatoms. The second-order valence-electron chi connectivity index (χ2n) is 5.34. The number of nitrogens with two attached hydrogens (primary N) is 1. The first kappa shape index (κ1) is 14.9. The van der Waals surface area contributed by atoms with Crippen molar-refractivity contribution in [1.82, 2.24) is 19.5 Å². The Morgan fingerprint density at radius 1 is 1.32 bits per heavy atom. The van der Waals surface area contributed by atoms with Crippen LogP contribution in [0.15, 0.2) is 6.33 Å². The fourth-order valence-corrected chi connectivity index (χ4v) is 2.56. The number of imidazole rings is 1. The standard InChI is InChI=1S/C12H18N6O4/c1-17(2)12-16-6-9(13)14-4-15-10(6)18(12)11-8(21)7(20)5(3-19)22-11/h4-5,7-8,11,19-21H,3H2,1-2H3,(H2,13,14,15)/t5-,7+,8+,11+/m0/s1. The van der Waals surface area contributed by atoms with E-state index < -0.39 is 31.1 Å². The third-order valence-electron chi connectivity index (χ3n) is 3.66. The van der Waals surface area contributed by atoms with E-state index >= 15 is 0 Å². The molecule has 0 amide bonds. The minimum absolute atomic E-state index is 0.207. The second-order valence-corrected chi connectivity index (χ2v) is 5.34. The Balaban J connectivity index is 2.17. The zero-order valence-corrected chi connectivity index (χ0v) is 12.2. The molecule has 3 heterocycles. The number of fused-ring (bicyclic) bond motifs is 1. The van der Waals surface area contributed by atoms with Crippen molar-refractivity contribution in [3.63, 3.8) is 0 Å². The first-order valence-corrected chi connectivity index (χ1v) is 6.74. The van der Waals surface area contributed by atoms with E-state index in [1.54, 1.807) is 19.0 Å². The second kappa shape index (κ2) is 5.32. The summed E-state index contributed by atoms with van der Waals surface area (Å²) in [5.74, 6) is 0.649. The predicted octanol–water partition coefficient (Wildman–Crippen LogP) is -1.91. The van der Waals surface area contributed by atoms with E-state index in [9.17, 15) is 15.3 Å². The number of ether oxygens (including phenoxy) is 1. The average molecular weight is 310 g/mol. The average Bonchev–Trinajstić information content (AvgIpc) is 3.00. The molecule has 0 saturated carbocycles. The Morgan fingerprint density at radius 2 is 2.05 bits per heavy atom. The van der Waals surface area contributed by atoms with Crippen molar-refractivity contribution in [2.45, 2.75) is 24.5 Å². The van der Waals surface area contributed by atoms with Crippen LogP contribution in [0, 0.1) is 0 Å². The summed E-state index contributed by atoms with van der Waals surface area (Å²) in [6.07, 6.45) is -2.97. The van der Waals surface area contributed by atoms with Crippen LogP contribution in [-0.2, 0) is 4.74 Å². The van der Waals surface area contributed by atoms with Crippen molar-refractivity contribution in [2.75, 3.05) is 31.3 Å². The van der Waals surface area contributed by atoms with Gasteiger partial charge in [0.2, 0.25) is 5.95 Å². The summed E-state index contributed by atoms with van der Waals surface area (Å²) >= 11 is 0. The summed E-state index contributed by atoms with van der Waals surface area (Å²) in [6, 6.07) is 0. The van der Waals surface area contributed by atoms with Gasteiger partial charge in [-0.15, -0.1) is 0 Å². The molecule has 0 aliphatic carbocycles. The third-order valence-corrected chi connectivity index (χ3v) is 3.66. The molecule has 0 spiro atoms. The van der Waals surface area contributed by atoms with Crippen molar-refractivity contribution in [3.05, 3.63) is 6.33 Å². The highest BCUT2D eigenvalue weighted by atomic mass is 16.6. The van der Waals surface area contributed by atoms with Crippen LogP contribution in [0.5, 0.6) is 0 Å². The van der Waals surface area contributed by atoms with E-state index in [1.807, 2.05) is 0 Å². The number of hydrogen-bond acceptors (Lipinski definition) is 9. The summed E-state index contributed by atoms with van der Waals surface area (Å²) in [4.78, 5) is 14.1. The highest BCUT2D eigenvalue weighted by Gasteiger charge is 2.45. The molecule has 10 nitrogen and oxygen atoms in total. The fourth-order valence-electron chi connectivity index (χ4n) is 2.56. The molecule has 1 saturated heterocycles. The summed E-state index contributed by atoms with van der Waals surface area (Å²) in [5, 5.41) is 29.4. The van der Waals surface area contributed by atoms with Gasteiger partial charge in [-0.25, -0.2) is 15.0 Å². The lowest BCUT2D eigenvalue weighted by molar-refractivity contribution is -0.0503. The van der Waals surface area contributed by atoms with E-state index in [0.717, 1.165) is 0 Å². The van der Waals surface area contributed by atoms with Crippen molar-refractivity contribution < 1.29 is 20.1 Å². The predicted molar refractivity (Wildman–Crippen MR) is 77.1 cm³/mol. The number of aliphatic hydroxyl groups excluding tert-OH is 3. The number of nitrogens with zero attached hydrogens (tertiary/aromatic N) is 5. The van der Waals surface area contributed by atoms with Crippen LogP contribution < -0.4 is 10.6 Å². The highest BCUT2D eigenvalue weighted by Crippen LogP contribution is 2.35. The van der Waals surface area contributed by atoms with Gasteiger partial charge in [-0.1, -0.05) is 0 Å². The fraction of sp³-hybridized carbons (Fsp3) is 0.583. The summed E-state index contributed by atoms with van der Waals surface area (Å²) in [6.45, 7) is -0.407. The van der Waals surface area contributed by atoms with Crippen molar-refractivity contribution >= 4 is 22.9 Å². The summed E-state index contributed by atoms with van der Waals surface area (Å²) in [5.41, 5.74) is 6.57. The van der Waals surface area contributed by atoms with E-state index in [2.05, 4.69) is 15.0 Å². The lowest BCUT2D eigenvalue weighted by Crippen LogP contribution is -2.33. The minimum atomic E-state index is -1.23. The smallest absolute Gasteiger partial charge is 0.209 e. The van der Waals surface area contributed by atoms with Crippen LogP contribution in [0.1, 0.15) is 6.23 Å². The molecule has 0 bridgehead atoms. The Morgan fingerprint density at radius 3 is 2.64 bits per heavy atom. The number of hydrogen-bond donors (Lipinski definition) is 4. The number of rotatable bonds is 3. The van der Waals surface area contributed by atoms with Crippen molar-refractivity contribution in [1.29, 1.82) is 0 Å². The third kappa shape index (κ3) is 2.08. The zero-order valence-electron chi connectivity index (χ0n) is 12.2. The quantitative estimate of drug-likeness (QED) is 0.510. The van der Waals surface area contributed by atoms with Crippen LogP contribution in [0.25, 0.3) is 11.2 Å². The molecular weight excluding hydrogens is 292 g/mol. The molecule has 1 fully saturated rings. The minimum Gasteiger partial charge on any atom is -0.394 e. The summed E-state index contributed by atoms with van der Waals surface area (Å²) < 4.78 is 7.10. The topological polar surface area (TPSA) is 143 Å². The van der Waals surface area contributed by atoms with Crippen LogP contribution >= 0.6 is 0 Å². The molecule has 1 aliphatic heterocycles. The molecule has 4 atom stereocenters. The maximum Gasteiger partial charge on any atom is 0.209 e. The SMILES string of the molecule is CN(C)c1nc2c(N)ncnc2n1[C@@H]1O[C@@H](CO)[C@@H](O)[C@H]1O. The molecule has 3 rings (SSSR count). The maximum absolute atomic E-state index is 10.2. The molecule has 0 aromatic carbocycles. The largest absolute Gasteiger partial charge is 0.394 e. The first-order chi connectivity index (χ1) is 10.5. The van der Waals surface area contributed by atoms with Gasteiger partial charge >= 0.3 is 0 Å². The lowest BCUT2D eigenvalue weighted by atomic mass is 10.1. The lowest BCUT2D eigenvalue weighted by Gasteiger charge is -2.21. The number of aliphatic hydroxyl groups is 3. The zero-order chi connectivity index (χ0) is 16.0. The van der Waals surface area contributed by atoms with Crippen molar-refractivity contribution in [3.8, 4) is 0 Å². The van der Waals surface area contributed by atoms with Gasteiger partial charge in [-0.2, -0.15) is 0 Å². The molecule has 2 aromatic rings. The normalized spacial score (nSPS) is 28.4. The molecule has 5 N–H and O–H groups in total. The van der Waals surface area contributed by atoms with Crippen LogP contribution in [0.4, 0.5) is 11.8 Å². The van der Waals surface area contributed by atoms with E-state index in [0.29, 0.717) is 17.1 Å². The van der Waals surface area contributed by atoms with Gasteiger partial charge in [0.15, 0.2) is 23.2 Å². The van der Waals surface area contributed by atoms with Gasteiger partial charge < -0.3 is 30.7 Å². The molecular formula is C12H18N6O4. The van der Waals surface area contributed by atoms with Gasteiger partial charge in [0.05, 0.1) is 6.61 Å².